The molecule has 100 valence electrons. The fourth-order valence-electron chi connectivity index (χ4n) is 1.66. The average Bonchev–Trinajstić information content (AvgIpc) is 2.34. The molecular formula is C14H21NO3. The second kappa shape index (κ2) is 6.28. The van der Waals surface area contributed by atoms with Crippen molar-refractivity contribution >= 4 is 17.1 Å². The van der Waals surface area contributed by atoms with Crippen LogP contribution in [0.3, 0.4) is 0 Å². The molecule has 0 spiro atoms. The number of hydrogen-bond acceptors (Lipinski definition) is 3. The van der Waals surface area contributed by atoms with Crippen molar-refractivity contribution in [3.63, 3.8) is 0 Å². The van der Waals surface area contributed by atoms with Crippen LogP contribution >= 0.6 is 0 Å². The van der Waals surface area contributed by atoms with E-state index in [1.54, 1.807) is 11.8 Å². The van der Waals surface area contributed by atoms with E-state index < -0.39 is 0 Å². The number of nitrogens with zero attached hydrogens (tertiary/aromatic N) is 1. The Morgan fingerprint density at radius 2 is 1.89 bits per heavy atom. The summed E-state index contributed by atoms with van der Waals surface area (Å²) in [4.78, 5) is 12.9. The fraction of sp³-hybridized carbons (Fsp3) is 0.500. The third-order valence-corrected chi connectivity index (χ3v) is 2.92. The number of hydrogen-bond donors (Lipinski definition) is 0. The fourth-order valence-corrected chi connectivity index (χ4v) is 1.66. The Bertz CT molecular complexity index is 498. The number of carbonyl (C=O) groups is 1. The minimum absolute atomic E-state index is 0.0796. The molecule has 4 nitrogen and oxygen atoms in total. The molecule has 1 atom stereocenters. The molecule has 0 aliphatic heterocycles. The first-order valence-corrected chi connectivity index (χ1v) is 6.29. The first-order valence-electron chi connectivity index (χ1n) is 6.29. The molecule has 1 heterocycles. The molecule has 0 saturated carbocycles. The lowest BCUT2D eigenvalue weighted by Gasteiger charge is -2.23. The zero-order chi connectivity index (χ0) is 13.7. The first kappa shape index (κ1) is 14.4. The van der Waals surface area contributed by atoms with Crippen molar-refractivity contribution in [2.45, 2.75) is 40.2 Å². The number of fused-ring (bicyclic) bond motifs is 1. The SMILES string of the molecule is CC.CC(=O)N(C)[C@H](C)Cc1ccc2ooc2c1. The molecule has 0 radical (unpaired) electrons. The van der Waals surface area contributed by atoms with E-state index in [1.807, 2.05) is 46.0 Å². The van der Waals surface area contributed by atoms with Crippen molar-refractivity contribution in [2.24, 2.45) is 0 Å². The molecule has 2 aromatic rings. The van der Waals surface area contributed by atoms with Gasteiger partial charge in [0.1, 0.15) is 0 Å². The first-order chi connectivity index (χ1) is 8.58. The Labute approximate surface area is 107 Å². The van der Waals surface area contributed by atoms with Gasteiger partial charge in [-0.05, 0) is 31.0 Å². The van der Waals surface area contributed by atoms with Crippen LogP contribution in [0.5, 0.6) is 0 Å². The van der Waals surface area contributed by atoms with Gasteiger partial charge in [0.2, 0.25) is 17.1 Å². The summed E-state index contributed by atoms with van der Waals surface area (Å²) in [6.45, 7) is 7.60. The zero-order valence-corrected chi connectivity index (χ0v) is 11.7. The lowest BCUT2D eigenvalue weighted by molar-refractivity contribution is -0.129. The smallest absolute Gasteiger partial charge is 0.225 e. The van der Waals surface area contributed by atoms with Gasteiger partial charge >= 0.3 is 0 Å². The van der Waals surface area contributed by atoms with Gasteiger partial charge in [0.05, 0.1) is 0 Å². The van der Waals surface area contributed by atoms with E-state index >= 15 is 0 Å². The molecule has 0 unspecified atom stereocenters. The normalized spacial score (nSPS) is 11.8. The molecule has 18 heavy (non-hydrogen) atoms. The van der Waals surface area contributed by atoms with E-state index in [-0.39, 0.29) is 11.9 Å². The van der Waals surface area contributed by atoms with Gasteiger partial charge in [-0.1, -0.05) is 19.9 Å². The topological polar surface area (TPSA) is 46.6 Å². The van der Waals surface area contributed by atoms with Gasteiger partial charge in [-0.15, -0.1) is 0 Å². The van der Waals surface area contributed by atoms with Crippen molar-refractivity contribution < 1.29 is 13.9 Å². The van der Waals surface area contributed by atoms with E-state index in [2.05, 4.69) is 0 Å². The average molecular weight is 251 g/mol. The summed E-state index contributed by atoms with van der Waals surface area (Å²) in [5.41, 5.74) is 2.69. The molecule has 1 amide bonds. The predicted octanol–water partition coefficient (Wildman–Crippen LogP) is 3.46. The number of likely N-dealkylation sites (N-methyl/N-ethyl adjacent to an activating group) is 1. The minimum Gasteiger partial charge on any atom is -0.343 e. The molecule has 0 aliphatic rings. The van der Waals surface area contributed by atoms with Crippen LogP contribution in [0.25, 0.3) is 11.2 Å². The maximum absolute atomic E-state index is 11.2. The third-order valence-electron chi connectivity index (χ3n) is 2.92. The molecule has 0 aliphatic carbocycles. The largest absolute Gasteiger partial charge is 0.343 e. The Balaban J connectivity index is 0.000000771. The summed E-state index contributed by atoms with van der Waals surface area (Å²) in [5.74, 6) is 0.0796. The molecule has 0 bridgehead atoms. The maximum atomic E-state index is 11.2. The summed E-state index contributed by atoms with van der Waals surface area (Å²) in [6.07, 6.45) is 0.812. The van der Waals surface area contributed by atoms with E-state index in [9.17, 15) is 4.79 Å². The summed E-state index contributed by atoms with van der Waals surface area (Å²) >= 11 is 0. The highest BCUT2D eigenvalue weighted by molar-refractivity contribution is 5.73. The summed E-state index contributed by atoms with van der Waals surface area (Å²) in [6, 6.07) is 6.00. The number of benzene rings is 1. The van der Waals surface area contributed by atoms with E-state index in [0.29, 0.717) is 0 Å². The van der Waals surface area contributed by atoms with Crippen molar-refractivity contribution in [2.75, 3.05) is 7.05 Å². The predicted molar refractivity (Wildman–Crippen MR) is 71.4 cm³/mol. The molecule has 1 aromatic heterocycles. The standard InChI is InChI=1S/C12H15NO3.C2H6/c1-8(13(3)9(2)14)6-10-4-5-11-12(7-10)16-15-11;1-2/h4-5,7-8H,6H2,1-3H3;1-2H3/t8-;/m1./s1. The lowest BCUT2D eigenvalue weighted by Crippen LogP contribution is -2.34. The van der Waals surface area contributed by atoms with Crippen LogP contribution in [0, 0.1) is 0 Å². The second-order valence-corrected chi connectivity index (χ2v) is 4.13. The van der Waals surface area contributed by atoms with Gasteiger partial charge in [-0.25, -0.2) is 0 Å². The van der Waals surface area contributed by atoms with E-state index in [0.717, 1.165) is 23.2 Å². The molecule has 2 rings (SSSR count). The minimum atomic E-state index is 0.0796. The highest BCUT2D eigenvalue weighted by atomic mass is 17.0. The Kier molecular flexibility index (Phi) is 5.01. The van der Waals surface area contributed by atoms with Crippen LogP contribution in [0.1, 0.15) is 33.3 Å². The van der Waals surface area contributed by atoms with Gasteiger partial charge < -0.3 is 4.90 Å². The van der Waals surface area contributed by atoms with Gasteiger partial charge in [-0.2, -0.15) is 0 Å². The number of amides is 1. The van der Waals surface area contributed by atoms with Crippen molar-refractivity contribution in [3.8, 4) is 0 Å². The van der Waals surface area contributed by atoms with Gasteiger partial charge in [-0.3, -0.25) is 13.9 Å². The molecule has 0 saturated heterocycles. The number of carbonyl (C=O) groups excluding carboxylic acids is 1. The van der Waals surface area contributed by atoms with Crippen LogP contribution in [-0.2, 0) is 11.2 Å². The van der Waals surface area contributed by atoms with Crippen molar-refractivity contribution in [1.82, 2.24) is 4.90 Å². The molecule has 1 aromatic carbocycles. The Hall–Kier alpha value is -1.71. The van der Waals surface area contributed by atoms with Crippen molar-refractivity contribution in [3.05, 3.63) is 23.8 Å². The summed E-state index contributed by atoms with van der Waals surface area (Å²) in [5, 5.41) is 0. The van der Waals surface area contributed by atoms with Gasteiger partial charge in [0.25, 0.3) is 0 Å². The van der Waals surface area contributed by atoms with Crippen LogP contribution in [0.15, 0.2) is 27.4 Å². The maximum Gasteiger partial charge on any atom is 0.225 e. The summed E-state index contributed by atoms with van der Waals surface area (Å²) < 4.78 is 9.58. The third kappa shape index (κ3) is 3.15. The molecule has 0 N–H and O–H groups in total. The van der Waals surface area contributed by atoms with Crippen LogP contribution < -0.4 is 0 Å². The van der Waals surface area contributed by atoms with Gasteiger partial charge in [0, 0.05) is 20.0 Å². The highest BCUT2D eigenvalue weighted by Crippen LogP contribution is 2.20. The zero-order valence-electron chi connectivity index (χ0n) is 11.7. The molecule has 0 fully saturated rings. The quantitative estimate of drug-likeness (QED) is 0.785. The highest BCUT2D eigenvalue weighted by Gasteiger charge is 2.13. The van der Waals surface area contributed by atoms with Crippen LogP contribution in [-0.4, -0.2) is 23.9 Å². The van der Waals surface area contributed by atoms with E-state index in [4.69, 9.17) is 9.15 Å². The van der Waals surface area contributed by atoms with Crippen LogP contribution in [0.4, 0.5) is 0 Å². The Morgan fingerprint density at radius 1 is 1.28 bits per heavy atom. The summed E-state index contributed by atoms with van der Waals surface area (Å²) in [7, 11) is 1.81. The lowest BCUT2D eigenvalue weighted by atomic mass is 10.1. The monoisotopic (exact) mass is 251 g/mol. The van der Waals surface area contributed by atoms with Crippen molar-refractivity contribution in [1.29, 1.82) is 0 Å². The van der Waals surface area contributed by atoms with E-state index in [1.165, 1.54) is 0 Å². The second-order valence-electron chi connectivity index (χ2n) is 4.13. The Morgan fingerprint density at radius 3 is 2.33 bits per heavy atom. The van der Waals surface area contributed by atoms with Gasteiger partial charge in [0.15, 0.2) is 0 Å². The number of rotatable bonds is 3. The molecule has 4 heteroatoms. The van der Waals surface area contributed by atoms with Crippen LogP contribution in [0.2, 0.25) is 0 Å². The molecular weight excluding hydrogens is 230 g/mol.